The smallest absolute Gasteiger partial charge is 0.267 e. The number of hydrogen-bond acceptors (Lipinski definition) is 3. The molecule has 0 aliphatic carbocycles. The lowest BCUT2D eigenvalue weighted by molar-refractivity contribution is -0.112. The molecule has 21 heavy (non-hydrogen) atoms. The van der Waals surface area contributed by atoms with Crippen LogP contribution in [0.15, 0.2) is 59.0 Å². The normalized spacial score (nSPS) is 14.0. The number of thioether (sulfide) groups is 1. The van der Waals surface area contributed by atoms with E-state index in [1.54, 1.807) is 18.2 Å². The Bertz CT molecular complexity index is 791. The van der Waals surface area contributed by atoms with Crippen molar-refractivity contribution in [3.8, 4) is 6.07 Å². The summed E-state index contributed by atoms with van der Waals surface area (Å²) in [6.07, 6.45) is 0. The van der Waals surface area contributed by atoms with Gasteiger partial charge in [0, 0.05) is 9.80 Å². The molecule has 3 rings (SSSR count). The van der Waals surface area contributed by atoms with Crippen LogP contribution in [0.25, 0.3) is 4.91 Å². The van der Waals surface area contributed by atoms with Crippen LogP contribution in [-0.2, 0) is 4.79 Å². The SMILES string of the molecule is N#CC1=C(c2ccc(F)cc2)Sc2ccccc2NC1=O. The van der Waals surface area contributed by atoms with Gasteiger partial charge in [0.1, 0.15) is 17.5 Å². The maximum atomic E-state index is 13.1. The predicted molar refractivity (Wildman–Crippen MR) is 79.9 cm³/mol. The maximum absolute atomic E-state index is 13.1. The number of nitriles is 1. The van der Waals surface area contributed by atoms with E-state index in [1.165, 1.54) is 23.9 Å². The van der Waals surface area contributed by atoms with Gasteiger partial charge in [0.15, 0.2) is 0 Å². The highest BCUT2D eigenvalue weighted by molar-refractivity contribution is 8.08. The van der Waals surface area contributed by atoms with E-state index in [9.17, 15) is 14.4 Å². The van der Waals surface area contributed by atoms with Crippen molar-refractivity contribution in [2.75, 3.05) is 5.32 Å². The molecule has 0 fully saturated rings. The minimum Gasteiger partial charge on any atom is -0.320 e. The molecule has 0 unspecified atom stereocenters. The molecule has 1 N–H and O–H groups in total. The largest absolute Gasteiger partial charge is 0.320 e. The molecule has 5 heteroatoms. The van der Waals surface area contributed by atoms with Gasteiger partial charge in [0.25, 0.3) is 5.91 Å². The Labute approximate surface area is 125 Å². The van der Waals surface area contributed by atoms with Gasteiger partial charge in [-0.05, 0) is 29.8 Å². The van der Waals surface area contributed by atoms with Gasteiger partial charge < -0.3 is 5.32 Å². The Morgan fingerprint density at radius 3 is 2.52 bits per heavy atom. The van der Waals surface area contributed by atoms with Crippen molar-refractivity contribution in [3.05, 3.63) is 65.5 Å². The molecule has 2 aromatic rings. The van der Waals surface area contributed by atoms with Crippen LogP contribution in [0.3, 0.4) is 0 Å². The highest BCUT2D eigenvalue weighted by atomic mass is 32.2. The van der Waals surface area contributed by atoms with Gasteiger partial charge in [-0.1, -0.05) is 36.0 Å². The Morgan fingerprint density at radius 2 is 1.81 bits per heavy atom. The second-order valence-electron chi connectivity index (χ2n) is 4.38. The molecule has 0 bridgehead atoms. The number of halogens is 1. The van der Waals surface area contributed by atoms with Crippen LogP contribution in [-0.4, -0.2) is 5.91 Å². The topological polar surface area (TPSA) is 52.9 Å². The van der Waals surface area contributed by atoms with Crippen molar-refractivity contribution in [3.63, 3.8) is 0 Å². The third-order valence-corrected chi connectivity index (χ3v) is 4.24. The minimum atomic E-state index is -0.450. The molecule has 1 aliphatic heterocycles. The van der Waals surface area contributed by atoms with E-state index in [1.807, 2.05) is 24.3 Å². The highest BCUT2D eigenvalue weighted by Gasteiger charge is 2.23. The number of nitrogens with one attached hydrogen (secondary N) is 1. The average molecular weight is 296 g/mol. The molecule has 0 saturated carbocycles. The summed E-state index contributed by atoms with van der Waals surface area (Å²) in [5.41, 5.74) is 1.34. The Balaban J connectivity index is 2.17. The fourth-order valence-corrected chi connectivity index (χ4v) is 3.10. The molecule has 0 spiro atoms. The maximum Gasteiger partial charge on any atom is 0.267 e. The molecule has 0 radical (unpaired) electrons. The van der Waals surface area contributed by atoms with Crippen molar-refractivity contribution in [2.45, 2.75) is 4.90 Å². The molecule has 1 amide bonds. The summed E-state index contributed by atoms with van der Waals surface area (Å²) in [5, 5.41) is 12.0. The number of carbonyl (C=O) groups excluding carboxylic acids is 1. The molecule has 2 aromatic carbocycles. The molecule has 0 aromatic heterocycles. The number of hydrogen-bond donors (Lipinski definition) is 1. The monoisotopic (exact) mass is 296 g/mol. The van der Waals surface area contributed by atoms with Crippen molar-refractivity contribution in [1.82, 2.24) is 0 Å². The first-order valence-electron chi connectivity index (χ1n) is 6.17. The number of benzene rings is 2. The van der Waals surface area contributed by atoms with E-state index < -0.39 is 5.91 Å². The van der Waals surface area contributed by atoms with Gasteiger partial charge in [-0.15, -0.1) is 0 Å². The fraction of sp³-hybridized carbons (Fsp3) is 0. The van der Waals surface area contributed by atoms with Gasteiger partial charge >= 0.3 is 0 Å². The van der Waals surface area contributed by atoms with Crippen molar-refractivity contribution in [1.29, 1.82) is 5.26 Å². The number of fused-ring (bicyclic) bond motifs is 1. The Morgan fingerprint density at radius 1 is 1.10 bits per heavy atom. The first kappa shape index (κ1) is 13.4. The molecule has 1 aliphatic rings. The first-order valence-corrected chi connectivity index (χ1v) is 6.99. The first-order chi connectivity index (χ1) is 10.2. The lowest BCUT2D eigenvalue weighted by atomic mass is 10.1. The summed E-state index contributed by atoms with van der Waals surface area (Å²) < 4.78 is 13.1. The van der Waals surface area contributed by atoms with E-state index >= 15 is 0 Å². The average Bonchev–Trinajstić information content (AvgIpc) is 2.63. The van der Waals surface area contributed by atoms with Crippen molar-refractivity contribution >= 4 is 28.3 Å². The molecule has 1 heterocycles. The number of nitrogens with zero attached hydrogens (tertiary/aromatic N) is 1. The second-order valence-corrected chi connectivity index (χ2v) is 5.43. The highest BCUT2D eigenvalue weighted by Crippen LogP contribution is 2.42. The second kappa shape index (κ2) is 5.43. The van der Waals surface area contributed by atoms with Crippen LogP contribution in [0.4, 0.5) is 10.1 Å². The Hall–Kier alpha value is -2.58. The molecule has 0 saturated heterocycles. The quantitative estimate of drug-likeness (QED) is 0.870. The van der Waals surface area contributed by atoms with Crippen LogP contribution < -0.4 is 5.32 Å². The van der Waals surface area contributed by atoms with E-state index in [0.717, 1.165) is 4.90 Å². The van der Waals surface area contributed by atoms with Gasteiger partial charge in [-0.25, -0.2) is 4.39 Å². The lowest BCUT2D eigenvalue weighted by Gasteiger charge is -2.07. The van der Waals surface area contributed by atoms with E-state index in [0.29, 0.717) is 16.2 Å². The zero-order valence-electron chi connectivity index (χ0n) is 10.8. The number of amides is 1. The summed E-state index contributed by atoms with van der Waals surface area (Å²) in [4.78, 5) is 13.6. The van der Waals surface area contributed by atoms with Crippen LogP contribution in [0.2, 0.25) is 0 Å². The number of rotatable bonds is 1. The summed E-state index contributed by atoms with van der Waals surface area (Å²) in [5.74, 6) is -0.810. The van der Waals surface area contributed by atoms with Gasteiger partial charge in [-0.2, -0.15) is 5.26 Å². The molecular weight excluding hydrogens is 287 g/mol. The van der Waals surface area contributed by atoms with Gasteiger partial charge in [-0.3, -0.25) is 4.79 Å². The van der Waals surface area contributed by atoms with E-state index in [2.05, 4.69) is 5.32 Å². The number of carbonyl (C=O) groups is 1. The van der Waals surface area contributed by atoms with E-state index in [4.69, 9.17) is 0 Å². The third kappa shape index (κ3) is 2.54. The van der Waals surface area contributed by atoms with E-state index in [-0.39, 0.29) is 11.4 Å². The summed E-state index contributed by atoms with van der Waals surface area (Å²) >= 11 is 1.32. The standard InChI is InChI=1S/C16H9FN2OS/c17-11-7-5-10(6-8-11)15-12(9-18)16(20)19-13-3-1-2-4-14(13)21-15/h1-8H,(H,19,20). The molecule has 102 valence electrons. The lowest BCUT2D eigenvalue weighted by Crippen LogP contribution is -2.13. The van der Waals surface area contributed by atoms with Crippen LogP contribution in [0.1, 0.15) is 5.56 Å². The third-order valence-electron chi connectivity index (χ3n) is 3.02. The van der Waals surface area contributed by atoms with Crippen molar-refractivity contribution < 1.29 is 9.18 Å². The number of anilines is 1. The van der Waals surface area contributed by atoms with Gasteiger partial charge in [0.2, 0.25) is 0 Å². The van der Waals surface area contributed by atoms with Crippen LogP contribution in [0, 0.1) is 17.1 Å². The molecular formula is C16H9FN2OS. The minimum absolute atomic E-state index is 0.0304. The van der Waals surface area contributed by atoms with Crippen molar-refractivity contribution in [2.24, 2.45) is 0 Å². The fourth-order valence-electron chi connectivity index (χ4n) is 2.01. The summed E-state index contributed by atoms with van der Waals surface area (Å²) in [6, 6.07) is 15.0. The predicted octanol–water partition coefficient (Wildman–Crippen LogP) is 3.80. The van der Waals surface area contributed by atoms with Crippen LogP contribution >= 0.6 is 11.8 Å². The Kier molecular flexibility index (Phi) is 3.46. The summed E-state index contributed by atoms with van der Waals surface area (Å²) in [7, 11) is 0. The van der Waals surface area contributed by atoms with Crippen LogP contribution in [0.5, 0.6) is 0 Å². The summed E-state index contributed by atoms with van der Waals surface area (Å²) in [6.45, 7) is 0. The molecule has 0 atom stereocenters. The zero-order valence-corrected chi connectivity index (χ0v) is 11.6. The molecule has 3 nitrogen and oxygen atoms in total. The zero-order chi connectivity index (χ0) is 14.8. The number of para-hydroxylation sites is 1. The van der Waals surface area contributed by atoms with Gasteiger partial charge in [0.05, 0.1) is 5.69 Å².